The summed E-state index contributed by atoms with van der Waals surface area (Å²) < 4.78 is 35.8. The number of rotatable bonds is 11. The number of carbonyl (C=O) groups is 5. The molecule has 2 aliphatic carbocycles. The maximum Gasteiger partial charge on any atom is 0.284 e. The van der Waals surface area contributed by atoms with Gasteiger partial charge in [0.25, 0.3) is 24.1 Å². The fourth-order valence-electron chi connectivity index (χ4n) is 9.87. The minimum Gasteiger partial charge on any atom is -0.382 e. The Morgan fingerprint density at radius 2 is 1.71 bits per heavy atom. The number of fused-ring (bicyclic) bond motifs is 2. The highest BCUT2D eigenvalue weighted by Crippen LogP contribution is 2.38. The molecule has 6 heterocycles. The Morgan fingerprint density at radius 1 is 0.935 bits per heavy atom. The van der Waals surface area contributed by atoms with Crippen LogP contribution in [-0.2, 0) is 14.3 Å². The number of piperidine rings is 1. The van der Waals surface area contributed by atoms with Gasteiger partial charge in [-0.15, -0.1) is 0 Å². The van der Waals surface area contributed by atoms with E-state index in [9.17, 15) is 32.8 Å². The summed E-state index contributed by atoms with van der Waals surface area (Å²) in [6.45, 7) is 3.41. The van der Waals surface area contributed by atoms with Crippen LogP contribution in [0.2, 0.25) is 0 Å². The third kappa shape index (κ3) is 8.24. The van der Waals surface area contributed by atoms with E-state index in [2.05, 4.69) is 42.9 Å². The van der Waals surface area contributed by atoms with Crippen LogP contribution < -0.4 is 20.9 Å². The van der Waals surface area contributed by atoms with E-state index in [-0.39, 0.29) is 47.3 Å². The number of amides is 5. The molecule has 1 aromatic carbocycles. The fourth-order valence-corrected chi connectivity index (χ4v) is 9.87. The monoisotopic (exact) mass is 852 g/mol. The molecule has 3 aromatic heterocycles. The second-order valence-electron chi connectivity index (χ2n) is 17.1. The fraction of sp³-hybridized carbons (Fsp3) is 0.500. The first-order valence-corrected chi connectivity index (χ1v) is 21.6. The number of aromatic nitrogens is 4. The Labute approximate surface area is 356 Å². The topological polar surface area (TPSA) is 184 Å². The van der Waals surface area contributed by atoms with Crippen LogP contribution in [0.25, 0.3) is 11.0 Å². The SMILES string of the molecule is CN(C[C@H]1CC[C@H](n2cc(NC(=O)c3ccnc4ccc(N5CCOCC5)nc34)c(C(F)F)n2)CC1)[C@H]1CC[C@H](Nc2cccc3c2C(=O)N(C2CCC(=O)NC2=O)C3=O)CC1. The Kier molecular flexibility index (Phi) is 11.7. The maximum atomic E-state index is 14.3. The quantitative estimate of drug-likeness (QED) is 0.165. The van der Waals surface area contributed by atoms with E-state index in [1.165, 1.54) is 12.4 Å². The first-order chi connectivity index (χ1) is 30.0. The lowest BCUT2D eigenvalue weighted by Crippen LogP contribution is -2.54. The van der Waals surface area contributed by atoms with Crippen molar-refractivity contribution in [3.8, 4) is 0 Å². The molecular weight excluding hydrogens is 803 g/mol. The van der Waals surface area contributed by atoms with E-state index in [0.717, 1.165) is 62.8 Å². The first kappa shape index (κ1) is 41.5. The predicted octanol–water partition coefficient (Wildman–Crippen LogP) is 5.34. The number of alkyl halides is 2. The molecule has 5 aliphatic rings. The second-order valence-corrected chi connectivity index (χ2v) is 17.1. The van der Waals surface area contributed by atoms with E-state index in [4.69, 9.17) is 9.72 Å². The lowest BCUT2D eigenvalue weighted by Gasteiger charge is -2.38. The Bertz CT molecular complexity index is 2390. The van der Waals surface area contributed by atoms with Crippen molar-refractivity contribution in [1.82, 2.24) is 34.9 Å². The standard InChI is InChI=1S/C44H50F2N10O6/c1-53(27-11-7-26(8-12-27)48-31-4-2-3-29-37(31)44(61)56(43(29)60)34-14-16-36(57)51-42(34)59)23-25-5-9-28(10-6-25)55-24-33(39(52-55)40(45)46)49-41(58)30-17-18-47-32-13-15-35(50-38(30)32)54-19-21-62-22-20-54/h2-4,13,15,17-18,24-28,34,40,48H,5-12,14,16,19-23H2,1H3,(H,49,58)(H,51,57,59)/t25-,26-,27-,28-,34?. The molecule has 0 radical (unpaired) electrons. The van der Waals surface area contributed by atoms with E-state index >= 15 is 0 Å². The van der Waals surface area contributed by atoms with Crippen molar-refractivity contribution >= 4 is 57.8 Å². The lowest BCUT2D eigenvalue weighted by atomic mass is 9.84. The summed E-state index contributed by atoms with van der Waals surface area (Å²) in [7, 11) is 2.16. The zero-order valence-electron chi connectivity index (χ0n) is 34.5. The van der Waals surface area contributed by atoms with Crippen LogP contribution in [0.15, 0.2) is 48.8 Å². The Hall–Kier alpha value is -5.88. The van der Waals surface area contributed by atoms with Gasteiger partial charge in [-0.25, -0.2) is 13.8 Å². The number of imide groups is 2. The van der Waals surface area contributed by atoms with Gasteiger partial charge in [0.05, 0.1) is 47.2 Å². The van der Waals surface area contributed by atoms with Gasteiger partial charge in [0.2, 0.25) is 11.8 Å². The van der Waals surface area contributed by atoms with Gasteiger partial charge in [0.1, 0.15) is 17.4 Å². The van der Waals surface area contributed by atoms with Crippen molar-refractivity contribution in [2.45, 2.75) is 94.8 Å². The summed E-state index contributed by atoms with van der Waals surface area (Å²) in [6, 6.07) is 9.74. The molecule has 16 nitrogen and oxygen atoms in total. The molecule has 62 heavy (non-hydrogen) atoms. The summed E-state index contributed by atoms with van der Waals surface area (Å²) in [6.07, 6.45) is 7.37. The molecule has 326 valence electrons. The number of halogens is 2. The number of morpholine rings is 1. The third-order valence-corrected chi connectivity index (χ3v) is 13.2. The normalized spacial score (nSPS) is 24.5. The van der Waals surface area contributed by atoms with Crippen molar-refractivity contribution < 1.29 is 37.5 Å². The smallest absolute Gasteiger partial charge is 0.284 e. The van der Waals surface area contributed by atoms with Crippen LogP contribution >= 0.6 is 0 Å². The molecule has 1 atom stereocenters. The van der Waals surface area contributed by atoms with Gasteiger partial charge in [-0.1, -0.05) is 6.07 Å². The Morgan fingerprint density at radius 3 is 2.45 bits per heavy atom. The highest BCUT2D eigenvalue weighted by molar-refractivity contribution is 6.25. The van der Waals surface area contributed by atoms with Crippen LogP contribution in [0.4, 0.5) is 26.0 Å². The molecule has 9 rings (SSSR count). The number of nitrogens with one attached hydrogen (secondary N) is 3. The minimum absolute atomic E-state index is 0.0165. The van der Waals surface area contributed by atoms with Crippen molar-refractivity contribution in [2.24, 2.45) is 5.92 Å². The van der Waals surface area contributed by atoms with Gasteiger partial charge >= 0.3 is 0 Å². The molecule has 3 aliphatic heterocycles. The number of hydrogen-bond acceptors (Lipinski definition) is 12. The molecule has 0 spiro atoms. The van der Waals surface area contributed by atoms with Crippen LogP contribution in [0.1, 0.15) is 113 Å². The highest BCUT2D eigenvalue weighted by Gasteiger charge is 2.46. The van der Waals surface area contributed by atoms with Gasteiger partial charge in [-0.2, -0.15) is 5.10 Å². The number of benzene rings is 1. The van der Waals surface area contributed by atoms with Gasteiger partial charge in [0, 0.05) is 56.2 Å². The molecule has 5 amide bonds. The molecular formula is C44H50F2N10O6. The van der Waals surface area contributed by atoms with Crippen LogP contribution in [0.3, 0.4) is 0 Å². The molecule has 2 saturated heterocycles. The molecule has 2 saturated carbocycles. The number of hydrogen-bond donors (Lipinski definition) is 3. The number of pyridine rings is 2. The highest BCUT2D eigenvalue weighted by atomic mass is 19.3. The van der Waals surface area contributed by atoms with Crippen molar-refractivity contribution in [1.29, 1.82) is 0 Å². The lowest BCUT2D eigenvalue weighted by molar-refractivity contribution is -0.136. The van der Waals surface area contributed by atoms with Gasteiger partial charge in [0.15, 0.2) is 5.69 Å². The third-order valence-electron chi connectivity index (χ3n) is 13.2. The molecule has 18 heteroatoms. The Balaban J connectivity index is 0.774. The van der Waals surface area contributed by atoms with Crippen molar-refractivity contribution in [2.75, 3.05) is 55.4 Å². The molecule has 4 aromatic rings. The second kappa shape index (κ2) is 17.5. The predicted molar refractivity (Wildman–Crippen MR) is 224 cm³/mol. The van der Waals surface area contributed by atoms with Crippen LogP contribution in [0, 0.1) is 5.92 Å². The zero-order chi connectivity index (χ0) is 43.1. The summed E-state index contributed by atoms with van der Waals surface area (Å²) in [4.78, 5) is 79.4. The summed E-state index contributed by atoms with van der Waals surface area (Å²) in [5.74, 6) is -1.52. The summed E-state index contributed by atoms with van der Waals surface area (Å²) in [5.41, 5.74) is 1.78. The molecule has 0 bridgehead atoms. The number of ether oxygens (including phenoxy) is 1. The van der Waals surface area contributed by atoms with Crippen molar-refractivity contribution in [3.05, 3.63) is 71.2 Å². The van der Waals surface area contributed by atoms with E-state index in [1.807, 2.05) is 6.07 Å². The summed E-state index contributed by atoms with van der Waals surface area (Å²) in [5, 5.41) is 12.8. The van der Waals surface area contributed by atoms with E-state index in [0.29, 0.717) is 60.8 Å². The number of carbonyl (C=O) groups excluding carboxylic acids is 5. The zero-order valence-corrected chi connectivity index (χ0v) is 34.5. The number of anilines is 3. The van der Waals surface area contributed by atoms with Crippen molar-refractivity contribution in [3.63, 3.8) is 0 Å². The average molecular weight is 853 g/mol. The van der Waals surface area contributed by atoms with Gasteiger partial charge in [-0.05, 0) is 101 Å². The maximum absolute atomic E-state index is 14.3. The van der Waals surface area contributed by atoms with Crippen LogP contribution in [0.5, 0.6) is 0 Å². The minimum atomic E-state index is -2.88. The van der Waals surface area contributed by atoms with Gasteiger partial charge in [-0.3, -0.25) is 43.9 Å². The largest absolute Gasteiger partial charge is 0.382 e. The molecule has 3 N–H and O–H groups in total. The number of nitrogens with zero attached hydrogens (tertiary/aromatic N) is 7. The summed E-state index contributed by atoms with van der Waals surface area (Å²) >= 11 is 0. The van der Waals surface area contributed by atoms with E-state index in [1.54, 1.807) is 35.0 Å². The molecule has 4 fully saturated rings. The average Bonchev–Trinajstić information content (AvgIpc) is 3.82. The first-order valence-electron chi connectivity index (χ1n) is 21.6. The molecule has 1 unspecified atom stereocenters. The van der Waals surface area contributed by atoms with E-state index < -0.39 is 47.7 Å². The van der Waals surface area contributed by atoms with Crippen LogP contribution in [-0.4, -0.2) is 117 Å². The van der Waals surface area contributed by atoms with Gasteiger partial charge < -0.3 is 25.2 Å².